The summed E-state index contributed by atoms with van der Waals surface area (Å²) in [5, 5.41) is 13.3. The maximum Gasteiger partial charge on any atom is 0.407 e. The smallest absolute Gasteiger partial charge is 0.407 e. The van der Waals surface area contributed by atoms with Gasteiger partial charge in [0.1, 0.15) is 18.7 Å². The molecular formula is C32H46BN7O8. The van der Waals surface area contributed by atoms with Crippen molar-refractivity contribution in [1.82, 2.24) is 26.2 Å². The Morgan fingerprint density at radius 1 is 0.875 bits per heavy atom. The van der Waals surface area contributed by atoms with Crippen LogP contribution in [0.25, 0.3) is 0 Å². The monoisotopic (exact) mass is 667 g/mol. The summed E-state index contributed by atoms with van der Waals surface area (Å²) >= 11 is 0. The van der Waals surface area contributed by atoms with Crippen LogP contribution in [0.4, 0.5) is 15.3 Å². The Bertz CT molecular complexity index is 1300. The van der Waals surface area contributed by atoms with Crippen molar-refractivity contribution in [3.05, 3.63) is 42.0 Å². The maximum absolute atomic E-state index is 13.3. The van der Waals surface area contributed by atoms with E-state index in [1.54, 1.807) is 45.0 Å². The topological polar surface area (TPSA) is 218 Å². The molecule has 0 fully saturated rings. The molecule has 0 saturated carbocycles. The van der Waals surface area contributed by atoms with Gasteiger partial charge in [0.25, 0.3) is 11.8 Å². The number of imide groups is 1. The van der Waals surface area contributed by atoms with Crippen LogP contribution in [0.5, 0.6) is 0 Å². The number of hydrogen-bond acceptors (Lipinski definition) is 8. The van der Waals surface area contributed by atoms with Gasteiger partial charge in [-0.3, -0.25) is 28.9 Å². The molecule has 1 aliphatic rings. The summed E-state index contributed by atoms with van der Waals surface area (Å²) in [4.78, 5) is 86.7. The number of rotatable bonds is 20. The number of alkyl carbamates (subject to hydrolysis) is 1. The minimum atomic E-state index is -1.01. The second kappa shape index (κ2) is 20.4. The molecule has 260 valence electrons. The number of nitrogens with one attached hydrogen (secondary N) is 5. The van der Waals surface area contributed by atoms with Crippen LogP contribution >= 0.6 is 0 Å². The van der Waals surface area contributed by atoms with Gasteiger partial charge in [-0.2, -0.15) is 0 Å². The van der Waals surface area contributed by atoms with Crippen LogP contribution in [0.1, 0.15) is 64.9 Å². The number of amides is 8. The van der Waals surface area contributed by atoms with E-state index in [4.69, 9.17) is 18.3 Å². The van der Waals surface area contributed by atoms with Crippen LogP contribution in [0.2, 0.25) is 6.32 Å². The lowest BCUT2D eigenvalue weighted by molar-refractivity contribution is -0.137. The lowest BCUT2D eigenvalue weighted by Gasteiger charge is -2.25. The van der Waals surface area contributed by atoms with Crippen LogP contribution in [0.15, 0.2) is 36.4 Å². The van der Waals surface area contributed by atoms with Gasteiger partial charge in [-0.15, -0.1) is 0 Å². The molecule has 15 nitrogen and oxygen atoms in total. The number of hydrogen-bond donors (Lipinski definition) is 6. The Hall–Kier alpha value is -4.89. The first-order chi connectivity index (χ1) is 22.8. The normalized spacial score (nSPS) is 14.2. The van der Waals surface area contributed by atoms with Crippen molar-refractivity contribution in [2.24, 2.45) is 11.7 Å². The SMILES string of the molecule is [B]C[C@@H](C)NC(=O)OCc1ccc(NC(=O)[C@H](CCCNC(N)=O)NC(=O)C(NC(=O)CCCCCN2C(=O)C=CC2=O)C(C)C)cc1. The summed E-state index contributed by atoms with van der Waals surface area (Å²) in [5.74, 6) is -2.40. The van der Waals surface area contributed by atoms with Crippen molar-refractivity contribution >= 4 is 55.2 Å². The molecule has 0 bridgehead atoms. The highest BCUT2D eigenvalue weighted by molar-refractivity contribution is 6.12. The number of unbranched alkanes of at least 4 members (excludes halogenated alkanes) is 2. The average molecular weight is 668 g/mol. The molecule has 7 N–H and O–H groups in total. The van der Waals surface area contributed by atoms with Crippen LogP contribution in [0.3, 0.4) is 0 Å². The molecule has 1 heterocycles. The van der Waals surface area contributed by atoms with Gasteiger partial charge in [0.2, 0.25) is 17.7 Å². The van der Waals surface area contributed by atoms with Crippen molar-refractivity contribution < 1.29 is 38.3 Å². The largest absolute Gasteiger partial charge is 0.445 e. The van der Waals surface area contributed by atoms with Crippen molar-refractivity contribution in [3.63, 3.8) is 0 Å². The summed E-state index contributed by atoms with van der Waals surface area (Å²) in [6, 6.07) is 3.72. The summed E-state index contributed by atoms with van der Waals surface area (Å²) in [6.45, 7) is 5.74. The van der Waals surface area contributed by atoms with Crippen molar-refractivity contribution in [2.75, 3.05) is 18.4 Å². The Kier molecular flexibility index (Phi) is 16.7. The Labute approximate surface area is 281 Å². The zero-order valence-electron chi connectivity index (χ0n) is 27.7. The molecule has 8 amide bonds. The van der Waals surface area contributed by atoms with E-state index in [0.717, 1.165) is 4.90 Å². The zero-order chi connectivity index (χ0) is 35.6. The highest BCUT2D eigenvalue weighted by Crippen LogP contribution is 2.13. The fraction of sp³-hybridized carbons (Fsp3) is 0.531. The highest BCUT2D eigenvalue weighted by Gasteiger charge is 2.29. The minimum absolute atomic E-state index is 0.00351. The van der Waals surface area contributed by atoms with Crippen LogP contribution < -0.4 is 32.3 Å². The van der Waals surface area contributed by atoms with E-state index in [0.29, 0.717) is 36.9 Å². The minimum Gasteiger partial charge on any atom is -0.445 e. The van der Waals surface area contributed by atoms with Gasteiger partial charge in [-0.05, 0) is 56.2 Å². The number of anilines is 1. The molecule has 48 heavy (non-hydrogen) atoms. The predicted octanol–water partition coefficient (Wildman–Crippen LogP) is 1.39. The van der Waals surface area contributed by atoms with E-state index >= 15 is 0 Å². The molecule has 1 aromatic rings. The lowest BCUT2D eigenvalue weighted by atomic mass is 9.99. The molecule has 2 radical (unpaired) electrons. The Balaban J connectivity index is 1.94. The van der Waals surface area contributed by atoms with E-state index < -0.39 is 36.0 Å². The highest BCUT2D eigenvalue weighted by atomic mass is 16.5. The number of carbonyl (C=O) groups excluding carboxylic acids is 7. The van der Waals surface area contributed by atoms with Gasteiger partial charge < -0.3 is 37.1 Å². The average Bonchev–Trinajstić information content (AvgIpc) is 3.36. The molecule has 2 rings (SSSR count). The third-order valence-electron chi connectivity index (χ3n) is 7.36. The number of carbonyl (C=O) groups is 7. The second-order valence-corrected chi connectivity index (χ2v) is 11.8. The zero-order valence-corrected chi connectivity index (χ0v) is 27.7. The molecule has 0 aliphatic carbocycles. The number of urea groups is 1. The maximum atomic E-state index is 13.3. The first-order valence-corrected chi connectivity index (χ1v) is 16.0. The summed E-state index contributed by atoms with van der Waals surface area (Å²) < 4.78 is 5.17. The second-order valence-electron chi connectivity index (χ2n) is 11.8. The number of nitrogens with two attached hydrogens (primary N) is 1. The van der Waals surface area contributed by atoms with Gasteiger partial charge in [-0.25, -0.2) is 9.59 Å². The van der Waals surface area contributed by atoms with Crippen LogP contribution in [-0.4, -0.2) is 85.6 Å². The third kappa shape index (κ3) is 14.3. The predicted molar refractivity (Wildman–Crippen MR) is 178 cm³/mol. The summed E-state index contributed by atoms with van der Waals surface area (Å²) in [7, 11) is 5.49. The number of nitrogens with zero attached hydrogens (tertiary/aromatic N) is 1. The fourth-order valence-corrected chi connectivity index (χ4v) is 4.58. The molecule has 0 saturated heterocycles. The molecule has 0 spiro atoms. The molecule has 0 aromatic heterocycles. The standard InChI is InChI=1S/C32H46BN7O8/c1-20(2)28(39-25(41)9-5-4-6-17-40-26(42)14-15-27(40)43)30(45)38-24(8-7-16-35-31(34)46)29(44)37-23-12-10-22(11-13-23)19-48-32(47)36-21(3)18-33/h10-15,20-21,24,28H,4-9,16-19H2,1-3H3,(H,36,47)(H,37,44)(H,38,45)(H,39,41)(H3,34,35,46)/t21-,24+,28?/m1/s1. The Morgan fingerprint density at radius 3 is 2.15 bits per heavy atom. The molecule has 1 unspecified atom stereocenters. The first kappa shape index (κ1) is 39.3. The van der Waals surface area contributed by atoms with Gasteiger partial charge in [-0.1, -0.05) is 38.7 Å². The molecular weight excluding hydrogens is 621 g/mol. The summed E-state index contributed by atoms with van der Waals surface area (Å²) in [5.41, 5.74) is 6.24. The molecule has 1 aromatic carbocycles. The van der Waals surface area contributed by atoms with Crippen molar-refractivity contribution in [1.29, 1.82) is 0 Å². The lowest BCUT2D eigenvalue weighted by Crippen LogP contribution is -2.54. The van der Waals surface area contributed by atoms with Gasteiger partial charge in [0.15, 0.2) is 0 Å². The Morgan fingerprint density at radius 2 is 1.54 bits per heavy atom. The third-order valence-corrected chi connectivity index (χ3v) is 7.36. The quantitative estimate of drug-likeness (QED) is 0.0677. The van der Waals surface area contributed by atoms with Crippen LogP contribution in [0, 0.1) is 5.92 Å². The van der Waals surface area contributed by atoms with E-state index in [9.17, 15) is 33.6 Å². The van der Waals surface area contributed by atoms with Gasteiger partial charge in [0.05, 0.1) is 7.85 Å². The van der Waals surface area contributed by atoms with E-state index in [1.807, 2.05) is 0 Å². The van der Waals surface area contributed by atoms with E-state index in [-0.39, 0.29) is 68.5 Å². The van der Waals surface area contributed by atoms with Crippen molar-refractivity contribution in [3.8, 4) is 0 Å². The van der Waals surface area contributed by atoms with Crippen molar-refractivity contribution in [2.45, 2.75) is 90.3 Å². The number of ether oxygens (including phenoxy) is 1. The van der Waals surface area contributed by atoms with Gasteiger partial charge >= 0.3 is 12.1 Å². The number of primary amides is 1. The number of benzene rings is 1. The fourth-order valence-electron chi connectivity index (χ4n) is 4.58. The molecule has 3 atom stereocenters. The van der Waals surface area contributed by atoms with E-state index in [2.05, 4.69) is 26.6 Å². The van der Waals surface area contributed by atoms with Gasteiger partial charge in [0, 0.05) is 43.4 Å². The molecule has 1 aliphatic heterocycles. The molecule has 16 heteroatoms. The van der Waals surface area contributed by atoms with Crippen LogP contribution in [-0.2, 0) is 35.3 Å². The first-order valence-electron chi connectivity index (χ1n) is 16.0. The summed E-state index contributed by atoms with van der Waals surface area (Å²) in [6.07, 6.45) is 4.38. The van der Waals surface area contributed by atoms with E-state index in [1.165, 1.54) is 12.2 Å².